The van der Waals surface area contributed by atoms with E-state index < -0.39 is 0 Å². The van der Waals surface area contributed by atoms with Crippen LogP contribution in [-0.2, 0) is 0 Å². The molecule has 4 N–H and O–H groups in total. The average molecular weight is 327 g/mol. The van der Waals surface area contributed by atoms with Crippen molar-refractivity contribution in [3.05, 3.63) is 28.2 Å². The summed E-state index contributed by atoms with van der Waals surface area (Å²) in [5.41, 5.74) is 6.73. The lowest BCUT2D eigenvalue weighted by molar-refractivity contribution is 0.0880. The molecule has 1 aromatic rings. The number of hydrogen-bond acceptors (Lipinski definition) is 3. The van der Waals surface area contributed by atoms with Crippen LogP contribution in [0.25, 0.3) is 0 Å². The molecule has 1 amide bonds. The molecule has 0 heterocycles. The van der Waals surface area contributed by atoms with Crippen LogP contribution in [0.15, 0.2) is 22.7 Å². The van der Waals surface area contributed by atoms with Crippen molar-refractivity contribution in [3.63, 3.8) is 0 Å². The summed E-state index contributed by atoms with van der Waals surface area (Å²) >= 11 is 3.30. The second-order valence-electron chi connectivity index (χ2n) is 5.28. The van der Waals surface area contributed by atoms with Gasteiger partial charge < -0.3 is 16.2 Å². The van der Waals surface area contributed by atoms with E-state index >= 15 is 0 Å². The number of carbonyl (C=O) groups is 1. The Morgan fingerprint density at radius 3 is 2.68 bits per heavy atom. The lowest BCUT2D eigenvalue weighted by Crippen LogP contribution is -2.38. The highest BCUT2D eigenvalue weighted by Gasteiger charge is 2.33. The van der Waals surface area contributed by atoms with Gasteiger partial charge in [0.1, 0.15) is 0 Å². The monoisotopic (exact) mass is 326 g/mol. The van der Waals surface area contributed by atoms with Crippen molar-refractivity contribution in [1.29, 1.82) is 0 Å². The third kappa shape index (κ3) is 3.28. The van der Waals surface area contributed by atoms with Crippen LogP contribution >= 0.6 is 15.9 Å². The maximum absolute atomic E-state index is 12.1. The largest absolute Gasteiger partial charge is 0.398 e. The summed E-state index contributed by atoms with van der Waals surface area (Å²) in [4.78, 5) is 12.1. The Bertz CT molecular complexity index is 471. The van der Waals surface area contributed by atoms with E-state index in [2.05, 4.69) is 21.2 Å². The number of nitrogens with two attached hydrogens (primary N) is 1. The predicted octanol–water partition coefficient (Wildman–Crippen LogP) is 2.31. The molecule has 0 aromatic heterocycles. The van der Waals surface area contributed by atoms with Crippen LogP contribution in [0, 0.1) is 5.41 Å². The molecular weight excluding hydrogens is 308 g/mol. The fourth-order valence-electron chi connectivity index (χ4n) is 2.57. The lowest BCUT2D eigenvalue weighted by atomic mass is 9.87. The van der Waals surface area contributed by atoms with E-state index in [4.69, 9.17) is 5.73 Å². The first-order valence-electron chi connectivity index (χ1n) is 6.50. The molecule has 1 saturated carbocycles. The van der Waals surface area contributed by atoms with Crippen molar-refractivity contribution < 1.29 is 9.90 Å². The molecule has 0 atom stereocenters. The summed E-state index contributed by atoms with van der Waals surface area (Å²) in [7, 11) is 0. The Balaban J connectivity index is 1.99. The first-order valence-corrected chi connectivity index (χ1v) is 7.30. The fraction of sp³-hybridized carbons (Fsp3) is 0.500. The van der Waals surface area contributed by atoms with Gasteiger partial charge in [0.15, 0.2) is 0 Å². The van der Waals surface area contributed by atoms with E-state index in [0.29, 0.717) is 17.8 Å². The van der Waals surface area contributed by atoms with Crippen LogP contribution in [0.3, 0.4) is 0 Å². The van der Waals surface area contributed by atoms with Gasteiger partial charge in [-0.3, -0.25) is 4.79 Å². The number of nitrogen functional groups attached to an aromatic ring is 1. The highest BCUT2D eigenvalue weighted by molar-refractivity contribution is 9.10. The first-order chi connectivity index (χ1) is 9.06. The minimum absolute atomic E-state index is 0.128. The number of aliphatic hydroxyl groups excluding tert-OH is 1. The summed E-state index contributed by atoms with van der Waals surface area (Å²) < 4.78 is 0.784. The van der Waals surface area contributed by atoms with Gasteiger partial charge in [-0.25, -0.2) is 0 Å². The van der Waals surface area contributed by atoms with Gasteiger partial charge in [-0.05, 0) is 47.0 Å². The summed E-state index contributed by atoms with van der Waals surface area (Å²) in [6.07, 6.45) is 4.21. The first kappa shape index (κ1) is 14.3. The van der Waals surface area contributed by atoms with E-state index in [1.54, 1.807) is 18.2 Å². The topological polar surface area (TPSA) is 75.4 Å². The zero-order valence-corrected chi connectivity index (χ0v) is 12.4. The average Bonchev–Trinajstić information content (AvgIpc) is 2.89. The van der Waals surface area contributed by atoms with Gasteiger partial charge in [-0.1, -0.05) is 12.8 Å². The molecule has 19 heavy (non-hydrogen) atoms. The van der Waals surface area contributed by atoms with Crippen LogP contribution in [0.4, 0.5) is 5.69 Å². The van der Waals surface area contributed by atoms with Gasteiger partial charge in [0.2, 0.25) is 0 Å². The van der Waals surface area contributed by atoms with Crippen LogP contribution in [0.2, 0.25) is 0 Å². The molecule has 2 rings (SSSR count). The Morgan fingerprint density at radius 1 is 1.42 bits per heavy atom. The SMILES string of the molecule is Nc1cc(C(=O)NCC2(CO)CCCC2)ccc1Br. The van der Waals surface area contributed by atoms with Gasteiger partial charge in [-0.2, -0.15) is 0 Å². The van der Waals surface area contributed by atoms with Crippen LogP contribution in [0.1, 0.15) is 36.0 Å². The van der Waals surface area contributed by atoms with Gasteiger partial charge in [0.05, 0.1) is 6.61 Å². The maximum atomic E-state index is 12.1. The van der Waals surface area contributed by atoms with Crippen LogP contribution in [0.5, 0.6) is 0 Å². The van der Waals surface area contributed by atoms with Gasteiger partial charge in [0.25, 0.3) is 5.91 Å². The fourth-order valence-corrected chi connectivity index (χ4v) is 2.82. The highest BCUT2D eigenvalue weighted by atomic mass is 79.9. The second-order valence-corrected chi connectivity index (χ2v) is 6.14. The molecule has 1 aromatic carbocycles. The smallest absolute Gasteiger partial charge is 0.251 e. The normalized spacial score (nSPS) is 17.4. The number of hydrogen-bond donors (Lipinski definition) is 3. The molecule has 0 bridgehead atoms. The van der Waals surface area contributed by atoms with Crippen molar-refractivity contribution in [2.24, 2.45) is 5.41 Å². The van der Waals surface area contributed by atoms with Crippen LogP contribution < -0.4 is 11.1 Å². The molecule has 0 radical (unpaired) electrons. The zero-order valence-electron chi connectivity index (χ0n) is 10.8. The molecule has 0 spiro atoms. The number of halogens is 1. The molecule has 0 aliphatic heterocycles. The lowest BCUT2D eigenvalue weighted by Gasteiger charge is -2.26. The summed E-state index contributed by atoms with van der Waals surface area (Å²) in [5.74, 6) is -0.140. The van der Waals surface area contributed by atoms with Crippen molar-refractivity contribution in [2.45, 2.75) is 25.7 Å². The number of nitrogens with one attached hydrogen (secondary N) is 1. The molecule has 1 fully saturated rings. The Morgan fingerprint density at radius 2 is 2.11 bits per heavy atom. The molecule has 1 aliphatic carbocycles. The van der Waals surface area contributed by atoms with E-state index in [1.165, 1.54) is 0 Å². The minimum Gasteiger partial charge on any atom is -0.398 e. The van der Waals surface area contributed by atoms with Crippen molar-refractivity contribution >= 4 is 27.5 Å². The Hall–Kier alpha value is -1.07. The molecule has 4 nitrogen and oxygen atoms in total. The third-order valence-corrected chi connectivity index (χ3v) is 4.60. The summed E-state index contributed by atoms with van der Waals surface area (Å²) in [5, 5.41) is 12.4. The van der Waals surface area contributed by atoms with Crippen molar-refractivity contribution in [1.82, 2.24) is 5.32 Å². The van der Waals surface area contributed by atoms with E-state index in [1.807, 2.05) is 0 Å². The number of amides is 1. The summed E-state index contributed by atoms with van der Waals surface area (Å²) in [6.45, 7) is 0.661. The quantitative estimate of drug-likeness (QED) is 0.743. The summed E-state index contributed by atoms with van der Waals surface area (Å²) in [6, 6.07) is 5.15. The van der Waals surface area contributed by atoms with Crippen molar-refractivity contribution in [3.8, 4) is 0 Å². The molecule has 0 saturated heterocycles. The highest BCUT2D eigenvalue weighted by Crippen LogP contribution is 2.36. The number of anilines is 1. The standard InChI is InChI=1S/C14H19BrN2O2/c15-11-4-3-10(7-12(11)16)13(19)17-8-14(9-18)5-1-2-6-14/h3-4,7,18H,1-2,5-6,8-9,16H2,(H,17,19). The molecule has 0 unspecified atom stereocenters. The van der Waals surface area contributed by atoms with Gasteiger partial charge in [-0.15, -0.1) is 0 Å². The number of carbonyl (C=O) groups excluding carboxylic acids is 1. The number of rotatable bonds is 4. The second kappa shape index (κ2) is 5.92. The Labute approximate surface area is 121 Å². The number of aliphatic hydroxyl groups is 1. The van der Waals surface area contributed by atoms with Gasteiger partial charge >= 0.3 is 0 Å². The predicted molar refractivity (Wildman–Crippen MR) is 78.9 cm³/mol. The van der Waals surface area contributed by atoms with E-state index in [9.17, 15) is 9.90 Å². The van der Waals surface area contributed by atoms with Crippen LogP contribution in [-0.4, -0.2) is 24.2 Å². The van der Waals surface area contributed by atoms with E-state index in [-0.39, 0.29) is 17.9 Å². The zero-order chi connectivity index (χ0) is 13.9. The molecule has 104 valence electrons. The molecular formula is C14H19BrN2O2. The van der Waals surface area contributed by atoms with Gasteiger partial charge in [0, 0.05) is 27.7 Å². The number of benzene rings is 1. The third-order valence-electron chi connectivity index (χ3n) is 3.88. The molecule has 5 heteroatoms. The van der Waals surface area contributed by atoms with Crippen molar-refractivity contribution in [2.75, 3.05) is 18.9 Å². The maximum Gasteiger partial charge on any atom is 0.251 e. The van der Waals surface area contributed by atoms with E-state index in [0.717, 1.165) is 30.2 Å². The Kier molecular flexibility index (Phi) is 4.47. The molecule has 1 aliphatic rings. The minimum atomic E-state index is -0.140.